The van der Waals surface area contributed by atoms with Crippen LogP contribution in [0.3, 0.4) is 0 Å². The van der Waals surface area contributed by atoms with Crippen molar-refractivity contribution in [2.45, 2.75) is 32.1 Å². The Labute approximate surface area is 105 Å². The highest BCUT2D eigenvalue weighted by Gasteiger charge is 2.21. The quantitative estimate of drug-likeness (QED) is 0.812. The van der Waals surface area contributed by atoms with Crippen LogP contribution in [0.25, 0.3) is 10.9 Å². The molecular formula is C15H16FNO. The minimum atomic E-state index is -0.316. The van der Waals surface area contributed by atoms with Gasteiger partial charge in [-0.2, -0.15) is 0 Å². The zero-order valence-electron chi connectivity index (χ0n) is 10.2. The maximum Gasteiger partial charge on any atom is 0.165 e. The molecule has 0 unspecified atom stereocenters. The van der Waals surface area contributed by atoms with E-state index in [0.29, 0.717) is 28.8 Å². The molecule has 3 heteroatoms. The van der Waals surface area contributed by atoms with E-state index in [1.807, 2.05) is 0 Å². The van der Waals surface area contributed by atoms with Crippen LogP contribution in [0.2, 0.25) is 0 Å². The van der Waals surface area contributed by atoms with Gasteiger partial charge in [-0.3, -0.25) is 4.79 Å². The highest BCUT2D eigenvalue weighted by molar-refractivity contribution is 6.08. The molecule has 18 heavy (non-hydrogen) atoms. The van der Waals surface area contributed by atoms with Gasteiger partial charge in [0, 0.05) is 29.1 Å². The number of aromatic nitrogens is 1. The molecule has 1 fully saturated rings. The van der Waals surface area contributed by atoms with Crippen LogP contribution < -0.4 is 0 Å². The molecule has 1 heterocycles. The van der Waals surface area contributed by atoms with Gasteiger partial charge in [-0.1, -0.05) is 31.7 Å². The van der Waals surface area contributed by atoms with Gasteiger partial charge in [-0.25, -0.2) is 4.39 Å². The first-order valence-electron chi connectivity index (χ1n) is 6.54. The average Bonchev–Trinajstić information content (AvgIpc) is 2.97. The molecule has 0 atom stereocenters. The molecule has 1 N–H and O–H groups in total. The Morgan fingerprint density at radius 2 is 2.11 bits per heavy atom. The summed E-state index contributed by atoms with van der Waals surface area (Å²) in [5.74, 6) is 0.246. The lowest BCUT2D eigenvalue weighted by atomic mass is 9.97. The van der Waals surface area contributed by atoms with Crippen LogP contribution in [0.5, 0.6) is 0 Å². The Morgan fingerprint density at radius 3 is 2.89 bits per heavy atom. The summed E-state index contributed by atoms with van der Waals surface area (Å²) in [6.07, 6.45) is 6.92. The zero-order valence-corrected chi connectivity index (χ0v) is 10.2. The van der Waals surface area contributed by atoms with Gasteiger partial charge >= 0.3 is 0 Å². The first kappa shape index (κ1) is 11.5. The summed E-state index contributed by atoms with van der Waals surface area (Å²) in [4.78, 5) is 15.2. The lowest BCUT2D eigenvalue weighted by Gasteiger charge is -2.06. The van der Waals surface area contributed by atoms with E-state index in [2.05, 4.69) is 4.98 Å². The SMILES string of the molecule is O=C(CC1CCCC1)c1c[nH]c2cccc(F)c12. The third kappa shape index (κ3) is 1.94. The number of Topliss-reactive ketones (excluding diaryl/α,β-unsaturated/α-hetero) is 1. The maximum atomic E-state index is 13.8. The number of hydrogen-bond donors (Lipinski definition) is 1. The minimum absolute atomic E-state index is 0.0678. The highest BCUT2D eigenvalue weighted by atomic mass is 19.1. The van der Waals surface area contributed by atoms with Gasteiger partial charge in [0.1, 0.15) is 5.82 Å². The van der Waals surface area contributed by atoms with E-state index in [1.54, 1.807) is 18.3 Å². The fraction of sp³-hybridized carbons (Fsp3) is 0.400. The number of carbonyl (C=O) groups excluding carboxylic acids is 1. The minimum Gasteiger partial charge on any atom is -0.360 e. The Hall–Kier alpha value is -1.64. The molecule has 1 aromatic heterocycles. The van der Waals surface area contributed by atoms with Crippen LogP contribution in [-0.2, 0) is 0 Å². The standard InChI is InChI=1S/C15H16FNO/c16-12-6-3-7-13-15(12)11(9-17-13)14(18)8-10-4-1-2-5-10/h3,6-7,9-10,17H,1-2,4-5,8H2. The van der Waals surface area contributed by atoms with Crippen LogP contribution >= 0.6 is 0 Å². The van der Waals surface area contributed by atoms with Crippen molar-refractivity contribution in [3.8, 4) is 0 Å². The molecule has 0 saturated heterocycles. The van der Waals surface area contributed by atoms with Crippen LogP contribution in [0.4, 0.5) is 4.39 Å². The number of fused-ring (bicyclic) bond motifs is 1. The lowest BCUT2D eigenvalue weighted by molar-refractivity contribution is 0.0963. The monoisotopic (exact) mass is 245 g/mol. The van der Waals surface area contributed by atoms with E-state index in [1.165, 1.54) is 18.9 Å². The molecule has 0 bridgehead atoms. The number of hydrogen-bond acceptors (Lipinski definition) is 1. The van der Waals surface area contributed by atoms with E-state index in [9.17, 15) is 9.18 Å². The van der Waals surface area contributed by atoms with Crippen LogP contribution in [-0.4, -0.2) is 10.8 Å². The fourth-order valence-electron chi connectivity index (χ4n) is 2.95. The summed E-state index contributed by atoms with van der Waals surface area (Å²) in [7, 11) is 0. The fourth-order valence-corrected chi connectivity index (χ4v) is 2.95. The normalized spacial score (nSPS) is 16.5. The highest BCUT2D eigenvalue weighted by Crippen LogP contribution is 2.30. The molecule has 2 nitrogen and oxygen atoms in total. The molecule has 0 radical (unpaired) electrons. The van der Waals surface area contributed by atoms with Crippen molar-refractivity contribution < 1.29 is 9.18 Å². The summed E-state index contributed by atoms with van der Waals surface area (Å²) >= 11 is 0. The van der Waals surface area contributed by atoms with Crippen molar-refractivity contribution in [3.63, 3.8) is 0 Å². The topological polar surface area (TPSA) is 32.9 Å². The van der Waals surface area contributed by atoms with E-state index < -0.39 is 0 Å². The second-order valence-electron chi connectivity index (χ2n) is 5.14. The van der Waals surface area contributed by atoms with Crippen molar-refractivity contribution in [1.29, 1.82) is 0 Å². The first-order chi connectivity index (χ1) is 8.75. The molecule has 0 spiro atoms. The summed E-state index contributed by atoms with van der Waals surface area (Å²) in [5, 5.41) is 0.445. The molecule has 2 aromatic rings. The lowest BCUT2D eigenvalue weighted by Crippen LogP contribution is -2.05. The number of H-pyrrole nitrogens is 1. The largest absolute Gasteiger partial charge is 0.360 e. The summed E-state index contributed by atoms with van der Waals surface area (Å²) in [6.45, 7) is 0. The van der Waals surface area contributed by atoms with Crippen LogP contribution in [0.1, 0.15) is 42.5 Å². The van der Waals surface area contributed by atoms with E-state index in [4.69, 9.17) is 0 Å². The number of rotatable bonds is 3. The second-order valence-corrected chi connectivity index (χ2v) is 5.14. The maximum absolute atomic E-state index is 13.8. The van der Waals surface area contributed by atoms with Crippen molar-refractivity contribution >= 4 is 16.7 Å². The van der Waals surface area contributed by atoms with Crippen molar-refractivity contribution in [2.75, 3.05) is 0 Å². The summed E-state index contributed by atoms with van der Waals surface area (Å²) < 4.78 is 13.8. The molecule has 0 aliphatic heterocycles. The van der Waals surface area contributed by atoms with Crippen molar-refractivity contribution in [2.24, 2.45) is 5.92 Å². The van der Waals surface area contributed by atoms with Gasteiger partial charge in [0.05, 0.1) is 0 Å². The third-order valence-electron chi connectivity index (χ3n) is 3.90. The predicted octanol–water partition coefficient (Wildman–Crippen LogP) is 4.07. The number of carbonyl (C=O) groups is 1. The van der Waals surface area contributed by atoms with Gasteiger partial charge in [0.25, 0.3) is 0 Å². The Morgan fingerprint density at radius 1 is 1.33 bits per heavy atom. The first-order valence-corrected chi connectivity index (χ1v) is 6.54. The molecule has 1 saturated carbocycles. The predicted molar refractivity (Wildman–Crippen MR) is 69.2 cm³/mol. The van der Waals surface area contributed by atoms with Crippen molar-refractivity contribution in [3.05, 3.63) is 35.8 Å². The molecule has 1 aromatic carbocycles. The smallest absolute Gasteiger partial charge is 0.165 e. The molecular weight excluding hydrogens is 229 g/mol. The molecule has 1 aliphatic rings. The van der Waals surface area contributed by atoms with Gasteiger partial charge in [-0.15, -0.1) is 0 Å². The number of aromatic amines is 1. The number of nitrogens with one attached hydrogen (secondary N) is 1. The van der Waals surface area contributed by atoms with E-state index >= 15 is 0 Å². The second kappa shape index (κ2) is 4.56. The van der Waals surface area contributed by atoms with Gasteiger partial charge in [-0.05, 0) is 18.1 Å². The zero-order chi connectivity index (χ0) is 12.5. The average molecular weight is 245 g/mol. The van der Waals surface area contributed by atoms with Crippen molar-refractivity contribution in [1.82, 2.24) is 4.98 Å². The Kier molecular flexibility index (Phi) is 2.90. The Bertz CT molecular complexity index is 581. The van der Waals surface area contributed by atoms with Crippen LogP contribution in [0.15, 0.2) is 24.4 Å². The molecule has 1 aliphatic carbocycles. The number of ketones is 1. The van der Waals surface area contributed by atoms with Gasteiger partial charge in [0.2, 0.25) is 0 Å². The summed E-state index contributed by atoms with van der Waals surface area (Å²) in [5.41, 5.74) is 1.21. The summed E-state index contributed by atoms with van der Waals surface area (Å²) in [6, 6.07) is 4.85. The van der Waals surface area contributed by atoms with Crippen LogP contribution in [0, 0.1) is 11.7 Å². The number of benzene rings is 1. The molecule has 94 valence electrons. The van der Waals surface area contributed by atoms with E-state index in [-0.39, 0.29) is 11.6 Å². The van der Waals surface area contributed by atoms with Gasteiger partial charge in [0.15, 0.2) is 5.78 Å². The van der Waals surface area contributed by atoms with Gasteiger partial charge < -0.3 is 4.98 Å². The Balaban J connectivity index is 1.91. The number of halogens is 1. The third-order valence-corrected chi connectivity index (χ3v) is 3.90. The molecule has 0 amide bonds. The van der Waals surface area contributed by atoms with E-state index in [0.717, 1.165) is 12.8 Å². The molecule has 3 rings (SSSR count).